The number of aryl methyl sites for hydroxylation is 1. The Balaban J connectivity index is 0.00000288. The molecule has 1 aromatic carbocycles. The summed E-state index contributed by atoms with van der Waals surface area (Å²) in [4.78, 5) is 13.4. The van der Waals surface area contributed by atoms with Crippen LogP contribution in [0.3, 0.4) is 0 Å². The molecule has 0 aliphatic carbocycles. The molecule has 0 aromatic heterocycles. The highest BCUT2D eigenvalue weighted by atomic mass is 35.5. The van der Waals surface area contributed by atoms with E-state index in [0.29, 0.717) is 42.3 Å². The lowest BCUT2D eigenvalue weighted by Gasteiger charge is -2.35. The maximum atomic E-state index is 13.2. The molecule has 1 atom stereocenters. The van der Waals surface area contributed by atoms with Crippen LogP contribution in [-0.4, -0.2) is 55.7 Å². The van der Waals surface area contributed by atoms with Crippen LogP contribution in [0.1, 0.15) is 15.9 Å². The SMILES string of the molecule is Cc1cc(C(=O)NCC(N2CCNCC2)C(F)(F)F)ccc1Cl.Cl. The zero-order valence-corrected chi connectivity index (χ0v) is 14.7. The van der Waals surface area contributed by atoms with Crippen molar-refractivity contribution >= 4 is 29.9 Å². The molecule has 1 fully saturated rings. The van der Waals surface area contributed by atoms with Crippen molar-refractivity contribution < 1.29 is 18.0 Å². The molecule has 24 heavy (non-hydrogen) atoms. The van der Waals surface area contributed by atoms with Gasteiger partial charge in [0, 0.05) is 43.3 Å². The van der Waals surface area contributed by atoms with E-state index >= 15 is 0 Å². The summed E-state index contributed by atoms with van der Waals surface area (Å²) in [6, 6.07) is 2.94. The number of carbonyl (C=O) groups is 1. The summed E-state index contributed by atoms with van der Waals surface area (Å²) in [5.41, 5.74) is 1.00. The highest BCUT2D eigenvalue weighted by Gasteiger charge is 2.43. The van der Waals surface area contributed by atoms with Gasteiger partial charge >= 0.3 is 6.18 Å². The number of benzene rings is 1. The van der Waals surface area contributed by atoms with Gasteiger partial charge in [0.15, 0.2) is 0 Å². The fourth-order valence-corrected chi connectivity index (χ4v) is 2.64. The predicted octanol–water partition coefficient (Wildman–Crippen LogP) is 2.64. The fourth-order valence-electron chi connectivity index (χ4n) is 2.52. The number of hydrogen-bond acceptors (Lipinski definition) is 3. The number of nitrogens with one attached hydrogen (secondary N) is 2. The first kappa shape index (κ1) is 21.0. The molecular weight excluding hydrogens is 366 g/mol. The van der Waals surface area contributed by atoms with E-state index in [1.54, 1.807) is 19.1 Å². The van der Waals surface area contributed by atoms with Crippen molar-refractivity contribution in [1.29, 1.82) is 0 Å². The number of hydrogen-bond donors (Lipinski definition) is 2. The van der Waals surface area contributed by atoms with Gasteiger partial charge in [0.25, 0.3) is 5.91 Å². The summed E-state index contributed by atoms with van der Waals surface area (Å²) in [5, 5.41) is 5.91. The fraction of sp³-hybridized carbons (Fsp3) is 0.533. The van der Waals surface area contributed by atoms with Crippen molar-refractivity contribution in [2.75, 3.05) is 32.7 Å². The van der Waals surface area contributed by atoms with E-state index < -0.39 is 24.7 Å². The van der Waals surface area contributed by atoms with E-state index in [1.165, 1.54) is 11.0 Å². The van der Waals surface area contributed by atoms with Gasteiger partial charge in [-0.05, 0) is 30.7 Å². The lowest BCUT2D eigenvalue weighted by atomic mass is 10.1. The molecule has 0 saturated carbocycles. The normalized spacial score (nSPS) is 17.0. The third-order valence-electron chi connectivity index (χ3n) is 3.85. The maximum Gasteiger partial charge on any atom is 0.405 e. The molecule has 1 aliphatic rings. The van der Waals surface area contributed by atoms with Crippen LogP contribution in [0.25, 0.3) is 0 Å². The molecule has 1 amide bonds. The Labute approximate surface area is 150 Å². The molecule has 4 nitrogen and oxygen atoms in total. The molecule has 0 bridgehead atoms. The second-order valence-electron chi connectivity index (χ2n) is 5.52. The van der Waals surface area contributed by atoms with E-state index in [0.717, 1.165) is 0 Å². The van der Waals surface area contributed by atoms with Gasteiger partial charge < -0.3 is 10.6 Å². The lowest BCUT2D eigenvalue weighted by Crippen LogP contribution is -2.57. The minimum atomic E-state index is -4.39. The van der Waals surface area contributed by atoms with E-state index in [2.05, 4.69) is 10.6 Å². The number of nitrogens with zero attached hydrogens (tertiary/aromatic N) is 1. The van der Waals surface area contributed by atoms with Crippen LogP contribution < -0.4 is 10.6 Å². The van der Waals surface area contributed by atoms with Crippen LogP contribution >= 0.6 is 24.0 Å². The largest absolute Gasteiger partial charge is 0.405 e. The van der Waals surface area contributed by atoms with Gasteiger partial charge in [0.05, 0.1) is 0 Å². The molecule has 1 aromatic rings. The zero-order chi connectivity index (χ0) is 17.0. The Morgan fingerprint density at radius 3 is 2.54 bits per heavy atom. The molecule has 2 rings (SSSR count). The Morgan fingerprint density at radius 2 is 2.00 bits per heavy atom. The predicted molar refractivity (Wildman–Crippen MR) is 90.1 cm³/mol. The van der Waals surface area contributed by atoms with Crippen molar-refractivity contribution in [3.05, 3.63) is 34.3 Å². The number of rotatable bonds is 4. The maximum absolute atomic E-state index is 13.2. The minimum absolute atomic E-state index is 0. The Morgan fingerprint density at radius 1 is 1.38 bits per heavy atom. The van der Waals surface area contributed by atoms with Crippen LogP contribution in [0, 0.1) is 6.92 Å². The molecule has 136 valence electrons. The smallest absolute Gasteiger partial charge is 0.350 e. The highest BCUT2D eigenvalue weighted by molar-refractivity contribution is 6.31. The summed E-state index contributed by atoms with van der Waals surface area (Å²) in [6.45, 7) is 2.90. The Kier molecular flexibility index (Phi) is 7.79. The molecule has 9 heteroatoms. The third-order valence-corrected chi connectivity index (χ3v) is 4.27. The first-order chi connectivity index (χ1) is 10.8. The van der Waals surface area contributed by atoms with Crippen LogP contribution in [-0.2, 0) is 0 Å². The zero-order valence-electron chi connectivity index (χ0n) is 13.1. The first-order valence-electron chi connectivity index (χ1n) is 7.35. The molecule has 1 saturated heterocycles. The minimum Gasteiger partial charge on any atom is -0.350 e. The van der Waals surface area contributed by atoms with E-state index in [4.69, 9.17) is 11.6 Å². The van der Waals surface area contributed by atoms with E-state index in [-0.39, 0.29) is 12.4 Å². The number of alkyl halides is 3. The van der Waals surface area contributed by atoms with Crippen LogP contribution in [0.15, 0.2) is 18.2 Å². The van der Waals surface area contributed by atoms with Crippen molar-refractivity contribution in [1.82, 2.24) is 15.5 Å². The van der Waals surface area contributed by atoms with Crippen LogP contribution in [0.5, 0.6) is 0 Å². The number of amides is 1. The molecule has 1 heterocycles. The summed E-state index contributed by atoms with van der Waals surface area (Å²) in [7, 11) is 0. The highest BCUT2D eigenvalue weighted by Crippen LogP contribution is 2.25. The van der Waals surface area contributed by atoms with Crippen molar-refractivity contribution in [2.45, 2.75) is 19.1 Å². The average Bonchev–Trinajstić information content (AvgIpc) is 2.49. The van der Waals surface area contributed by atoms with Crippen LogP contribution in [0.4, 0.5) is 13.2 Å². The molecule has 0 radical (unpaired) electrons. The van der Waals surface area contributed by atoms with E-state index in [9.17, 15) is 18.0 Å². The summed E-state index contributed by atoms with van der Waals surface area (Å²) >= 11 is 5.88. The van der Waals surface area contributed by atoms with Gasteiger partial charge in [-0.1, -0.05) is 11.6 Å². The van der Waals surface area contributed by atoms with Gasteiger partial charge in [0.2, 0.25) is 0 Å². The monoisotopic (exact) mass is 385 g/mol. The summed E-state index contributed by atoms with van der Waals surface area (Å²) in [6.07, 6.45) is -4.39. The average molecular weight is 386 g/mol. The second kappa shape index (κ2) is 8.89. The molecule has 0 spiro atoms. The third kappa shape index (κ3) is 5.51. The van der Waals surface area contributed by atoms with Crippen LogP contribution in [0.2, 0.25) is 5.02 Å². The van der Waals surface area contributed by atoms with Gasteiger partial charge in [-0.15, -0.1) is 12.4 Å². The van der Waals surface area contributed by atoms with Crippen molar-refractivity contribution in [2.24, 2.45) is 0 Å². The van der Waals surface area contributed by atoms with Gasteiger partial charge in [-0.2, -0.15) is 13.2 Å². The standard InChI is InChI=1S/C15H19ClF3N3O.ClH/c1-10-8-11(2-3-12(10)16)14(23)21-9-13(15(17,18)19)22-6-4-20-5-7-22;/h2-3,8,13,20H,4-7,9H2,1H3,(H,21,23);1H. The van der Waals surface area contributed by atoms with Gasteiger partial charge in [0.1, 0.15) is 6.04 Å². The number of carbonyl (C=O) groups excluding carboxylic acids is 1. The topological polar surface area (TPSA) is 44.4 Å². The molecular formula is C15H20Cl2F3N3O. The number of piperazine rings is 1. The van der Waals surface area contributed by atoms with Crippen molar-refractivity contribution in [3.8, 4) is 0 Å². The van der Waals surface area contributed by atoms with Crippen molar-refractivity contribution in [3.63, 3.8) is 0 Å². The second-order valence-corrected chi connectivity index (χ2v) is 5.92. The molecule has 1 unspecified atom stereocenters. The van der Waals surface area contributed by atoms with E-state index in [1.807, 2.05) is 0 Å². The van der Waals surface area contributed by atoms with Gasteiger partial charge in [-0.3, -0.25) is 9.69 Å². The first-order valence-corrected chi connectivity index (χ1v) is 7.72. The molecule has 2 N–H and O–H groups in total. The number of halogens is 5. The Bertz CT molecular complexity index is 563. The summed E-state index contributed by atoms with van der Waals surface area (Å²) < 4.78 is 39.7. The quantitative estimate of drug-likeness (QED) is 0.837. The molecule has 1 aliphatic heterocycles. The lowest BCUT2D eigenvalue weighted by molar-refractivity contribution is -0.183. The Hall–Kier alpha value is -1.02. The van der Waals surface area contributed by atoms with Gasteiger partial charge in [-0.25, -0.2) is 0 Å². The summed E-state index contributed by atoms with van der Waals surface area (Å²) in [5.74, 6) is -0.533.